The van der Waals surface area contributed by atoms with E-state index in [9.17, 15) is 22.7 Å². The lowest BCUT2D eigenvalue weighted by molar-refractivity contribution is -0.137. The van der Waals surface area contributed by atoms with E-state index in [0.717, 1.165) is 31.0 Å². The Bertz CT molecular complexity index is 859. The van der Waals surface area contributed by atoms with Crippen LogP contribution in [0, 0.1) is 12.8 Å². The van der Waals surface area contributed by atoms with Gasteiger partial charge in [0.15, 0.2) is 5.82 Å². The molecule has 0 amide bonds. The molecule has 4 nitrogen and oxygen atoms in total. The molecule has 2 atom stereocenters. The van der Waals surface area contributed by atoms with E-state index in [-0.39, 0.29) is 29.8 Å². The number of rotatable bonds is 3. The van der Waals surface area contributed by atoms with Crippen molar-refractivity contribution in [1.82, 2.24) is 10.2 Å². The van der Waals surface area contributed by atoms with Gasteiger partial charge in [0.2, 0.25) is 0 Å². The molecule has 27 heavy (non-hydrogen) atoms. The second-order valence-electron chi connectivity index (χ2n) is 7.27. The lowest BCUT2D eigenvalue weighted by Gasteiger charge is -2.42. The van der Waals surface area contributed by atoms with Gasteiger partial charge in [-0.15, -0.1) is 10.2 Å². The standard InChI is InChI=1S/C19H19F4N3O/c1-10-6-13(19(21,22)23)8-16(27)17(10)14-7-11-4-5-26(18(11)25-24-14)15-3-2-12(15)9-20/h6-8,12,15,27H,2-5,9H2,1H3/t12-,15+/m0/s1. The van der Waals surface area contributed by atoms with Gasteiger partial charge in [-0.1, -0.05) is 0 Å². The van der Waals surface area contributed by atoms with Crippen LogP contribution in [-0.4, -0.2) is 34.6 Å². The highest BCUT2D eigenvalue weighted by molar-refractivity contribution is 5.73. The van der Waals surface area contributed by atoms with Crippen molar-refractivity contribution in [1.29, 1.82) is 0 Å². The van der Waals surface area contributed by atoms with Crippen LogP contribution in [-0.2, 0) is 12.6 Å². The van der Waals surface area contributed by atoms with Crippen molar-refractivity contribution in [3.63, 3.8) is 0 Å². The first-order chi connectivity index (χ1) is 12.8. The molecule has 1 aromatic heterocycles. The molecule has 1 aliphatic heterocycles. The lowest BCUT2D eigenvalue weighted by Crippen LogP contribution is -2.47. The van der Waals surface area contributed by atoms with Crippen LogP contribution >= 0.6 is 0 Å². The number of anilines is 1. The minimum Gasteiger partial charge on any atom is -0.507 e. The molecular weight excluding hydrogens is 362 g/mol. The van der Waals surface area contributed by atoms with E-state index in [4.69, 9.17) is 0 Å². The Balaban J connectivity index is 1.68. The molecule has 8 heteroatoms. The second-order valence-corrected chi connectivity index (χ2v) is 7.27. The highest BCUT2D eigenvalue weighted by Gasteiger charge is 2.39. The Morgan fingerprint density at radius 3 is 2.56 bits per heavy atom. The molecule has 0 spiro atoms. The average Bonchev–Trinajstić information content (AvgIpc) is 2.96. The number of benzene rings is 1. The van der Waals surface area contributed by atoms with Crippen molar-refractivity contribution in [3.8, 4) is 17.0 Å². The van der Waals surface area contributed by atoms with E-state index >= 15 is 0 Å². The monoisotopic (exact) mass is 381 g/mol. The number of hydrogen-bond donors (Lipinski definition) is 1. The summed E-state index contributed by atoms with van der Waals surface area (Å²) < 4.78 is 51.8. The first-order valence-corrected chi connectivity index (χ1v) is 8.90. The molecule has 2 heterocycles. The van der Waals surface area contributed by atoms with Gasteiger partial charge in [-0.3, -0.25) is 4.39 Å². The number of halogens is 4. The zero-order chi connectivity index (χ0) is 19.3. The SMILES string of the molecule is Cc1cc(C(F)(F)F)cc(O)c1-c1cc2c(nn1)N([C@@H]1CC[C@H]1CF)CC2. The van der Waals surface area contributed by atoms with E-state index in [2.05, 4.69) is 15.1 Å². The zero-order valence-corrected chi connectivity index (χ0v) is 14.7. The number of aromatic hydroxyl groups is 1. The van der Waals surface area contributed by atoms with Crippen molar-refractivity contribution in [2.45, 2.75) is 38.4 Å². The molecule has 0 saturated heterocycles. The molecule has 1 N–H and O–H groups in total. The number of phenols is 1. The minimum absolute atomic E-state index is 0.0265. The molecule has 1 aromatic carbocycles. The third kappa shape index (κ3) is 3.00. The first kappa shape index (κ1) is 18.0. The van der Waals surface area contributed by atoms with E-state index in [1.54, 1.807) is 6.07 Å². The van der Waals surface area contributed by atoms with Crippen molar-refractivity contribution in [3.05, 3.63) is 34.9 Å². The highest BCUT2D eigenvalue weighted by atomic mass is 19.4. The summed E-state index contributed by atoms with van der Waals surface area (Å²) in [5.41, 5.74) is 0.895. The molecule has 2 aromatic rings. The van der Waals surface area contributed by atoms with Crippen LogP contribution < -0.4 is 4.90 Å². The highest BCUT2D eigenvalue weighted by Crippen LogP contribution is 2.41. The van der Waals surface area contributed by atoms with Gasteiger partial charge in [-0.25, -0.2) is 0 Å². The molecule has 1 saturated carbocycles. The second kappa shape index (κ2) is 6.35. The Kier molecular flexibility index (Phi) is 4.24. The maximum atomic E-state index is 13.0. The number of aryl methyl sites for hydroxylation is 1. The van der Waals surface area contributed by atoms with Crippen LogP contribution in [0.2, 0.25) is 0 Å². The van der Waals surface area contributed by atoms with Crippen LogP contribution in [0.1, 0.15) is 29.5 Å². The topological polar surface area (TPSA) is 49.3 Å². The van der Waals surface area contributed by atoms with Crippen molar-refractivity contribution in [2.24, 2.45) is 5.92 Å². The van der Waals surface area contributed by atoms with E-state index in [1.165, 1.54) is 6.92 Å². The van der Waals surface area contributed by atoms with Crippen LogP contribution in [0.4, 0.5) is 23.4 Å². The molecule has 0 bridgehead atoms. The first-order valence-electron chi connectivity index (χ1n) is 8.90. The number of phenolic OH excluding ortho intramolecular Hbond substituents is 1. The quantitative estimate of drug-likeness (QED) is 0.806. The van der Waals surface area contributed by atoms with Gasteiger partial charge in [-0.05, 0) is 49.9 Å². The molecular formula is C19H19F4N3O. The number of nitrogens with zero attached hydrogens (tertiary/aromatic N) is 3. The summed E-state index contributed by atoms with van der Waals surface area (Å²) in [6, 6.07) is 3.61. The zero-order valence-electron chi connectivity index (χ0n) is 14.7. The van der Waals surface area contributed by atoms with Gasteiger partial charge < -0.3 is 10.0 Å². The van der Waals surface area contributed by atoms with Gasteiger partial charge in [0.25, 0.3) is 0 Å². The Hall–Kier alpha value is -2.38. The Morgan fingerprint density at radius 2 is 1.96 bits per heavy atom. The number of alkyl halides is 4. The largest absolute Gasteiger partial charge is 0.507 e. The maximum Gasteiger partial charge on any atom is 0.416 e. The van der Waals surface area contributed by atoms with Gasteiger partial charge in [0.1, 0.15) is 5.75 Å². The van der Waals surface area contributed by atoms with Crippen LogP contribution in [0.15, 0.2) is 18.2 Å². The fraction of sp³-hybridized carbons (Fsp3) is 0.474. The van der Waals surface area contributed by atoms with Crippen molar-refractivity contribution < 1.29 is 22.7 Å². The molecule has 1 fully saturated rings. The van der Waals surface area contributed by atoms with Crippen molar-refractivity contribution in [2.75, 3.05) is 18.1 Å². The summed E-state index contributed by atoms with van der Waals surface area (Å²) in [6.07, 6.45) is -2.01. The third-order valence-corrected chi connectivity index (χ3v) is 5.62. The minimum atomic E-state index is -4.53. The fourth-order valence-electron chi connectivity index (χ4n) is 4.05. The summed E-state index contributed by atoms with van der Waals surface area (Å²) in [4.78, 5) is 2.08. The van der Waals surface area contributed by atoms with Crippen LogP contribution in [0.25, 0.3) is 11.3 Å². The summed E-state index contributed by atoms with van der Waals surface area (Å²) >= 11 is 0. The molecule has 144 valence electrons. The third-order valence-electron chi connectivity index (χ3n) is 5.62. The summed E-state index contributed by atoms with van der Waals surface area (Å²) in [6.45, 7) is 1.89. The van der Waals surface area contributed by atoms with Crippen LogP contribution in [0.3, 0.4) is 0 Å². The number of aromatic nitrogens is 2. The molecule has 0 radical (unpaired) electrons. The van der Waals surface area contributed by atoms with E-state index in [0.29, 0.717) is 24.0 Å². The van der Waals surface area contributed by atoms with Gasteiger partial charge in [0.05, 0.1) is 17.9 Å². The molecule has 2 aliphatic rings. The van der Waals surface area contributed by atoms with Crippen LogP contribution in [0.5, 0.6) is 5.75 Å². The predicted octanol–water partition coefficient (Wildman–Crippen LogP) is 4.29. The molecule has 0 unspecified atom stereocenters. The fourth-order valence-corrected chi connectivity index (χ4v) is 4.05. The van der Waals surface area contributed by atoms with Crippen molar-refractivity contribution >= 4 is 5.82 Å². The van der Waals surface area contributed by atoms with E-state index in [1.807, 2.05) is 0 Å². The smallest absolute Gasteiger partial charge is 0.416 e. The van der Waals surface area contributed by atoms with E-state index < -0.39 is 17.5 Å². The Labute approximate surface area is 153 Å². The number of fused-ring (bicyclic) bond motifs is 1. The maximum absolute atomic E-state index is 13.0. The molecule has 1 aliphatic carbocycles. The summed E-state index contributed by atoms with van der Waals surface area (Å²) in [5, 5.41) is 18.6. The van der Waals surface area contributed by atoms with Gasteiger partial charge >= 0.3 is 6.18 Å². The van der Waals surface area contributed by atoms with Gasteiger partial charge in [0, 0.05) is 29.6 Å². The lowest BCUT2D eigenvalue weighted by atomic mass is 9.79. The van der Waals surface area contributed by atoms with Gasteiger partial charge in [-0.2, -0.15) is 13.2 Å². The normalized spacial score (nSPS) is 21.9. The molecule has 4 rings (SSSR count). The summed E-state index contributed by atoms with van der Waals surface area (Å²) in [7, 11) is 0. The summed E-state index contributed by atoms with van der Waals surface area (Å²) in [5.74, 6) is 0.271. The number of hydrogen-bond acceptors (Lipinski definition) is 4. The predicted molar refractivity (Wildman–Crippen MR) is 92.4 cm³/mol. The Morgan fingerprint density at radius 1 is 1.19 bits per heavy atom. The average molecular weight is 381 g/mol.